The predicted molar refractivity (Wildman–Crippen MR) is 97.0 cm³/mol. The highest BCUT2D eigenvalue weighted by molar-refractivity contribution is 5.32. The van der Waals surface area contributed by atoms with Crippen LogP contribution in [0.15, 0.2) is 48.5 Å². The van der Waals surface area contributed by atoms with Gasteiger partial charge in [0.15, 0.2) is 0 Å². The summed E-state index contributed by atoms with van der Waals surface area (Å²) in [5, 5.41) is 0. The van der Waals surface area contributed by atoms with Crippen molar-refractivity contribution in [2.24, 2.45) is 0 Å². The maximum atomic E-state index is 13.4. The van der Waals surface area contributed by atoms with E-state index in [1.807, 2.05) is 24.3 Å². The first-order valence-corrected chi connectivity index (χ1v) is 9.27. The van der Waals surface area contributed by atoms with E-state index in [1.165, 1.54) is 24.3 Å². The van der Waals surface area contributed by atoms with Crippen molar-refractivity contribution in [3.63, 3.8) is 0 Å². The van der Waals surface area contributed by atoms with E-state index >= 15 is 0 Å². The summed E-state index contributed by atoms with van der Waals surface area (Å²) in [6.45, 7) is 5.53. The average Bonchev–Trinajstić information content (AvgIpc) is 3.20. The summed E-state index contributed by atoms with van der Waals surface area (Å²) >= 11 is 0. The Morgan fingerprint density at radius 1 is 0.808 bits per heavy atom. The number of nitrogens with zero attached hydrogens (tertiary/aromatic N) is 2. The van der Waals surface area contributed by atoms with Crippen molar-refractivity contribution < 1.29 is 13.5 Å². The Morgan fingerprint density at radius 3 is 1.81 bits per heavy atom. The van der Waals surface area contributed by atoms with Crippen LogP contribution in [-0.2, 0) is 4.74 Å². The molecule has 2 aliphatic rings. The molecule has 26 heavy (non-hydrogen) atoms. The Hall–Kier alpha value is -1.82. The molecule has 138 valence electrons. The lowest BCUT2D eigenvalue weighted by atomic mass is 9.96. The van der Waals surface area contributed by atoms with Crippen LogP contribution in [0.3, 0.4) is 0 Å². The molecule has 1 atom stereocenters. The van der Waals surface area contributed by atoms with Crippen LogP contribution in [0.5, 0.6) is 0 Å². The third-order valence-electron chi connectivity index (χ3n) is 5.51. The van der Waals surface area contributed by atoms with Crippen LogP contribution in [0.2, 0.25) is 0 Å². The third-order valence-corrected chi connectivity index (χ3v) is 5.51. The fourth-order valence-electron chi connectivity index (χ4n) is 4.08. The molecule has 3 nitrogen and oxygen atoms in total. The molecule has 0 amide bonds. The summed E-state index contributed by atoms with van der Waals surface area (Å²) in [6, 6.07) is 13.9. The van der Waals surface area contributed by atoms with E-state index in [0.717, 1.165) is 56.9 Å². The second-order valence-corrected chi connectivity index (χ2v) is 7.09. The largest absolute Gasteiger partial charge is 0.380 e. The molecule has 0 unspecified atom stereocenters. The van der Waals surface area contributed by atoms with Gasteiger partial charge in [0.1, 0.15) is 11.6 Å². The maximum Gasteiger partial charge on any atom is 0.123 e. The molecule has 0 saturated carbocycles. The lowest BCUT2D eigenvalue weighted by molar-refractivity contribution is 0.0708. The van der Waals surface area contributed by atoms with E-state index in [4.69, 9.17) is 4.74 Å². The Balaban J connectivity index is 1.55. The lowest BCUT2D eigenvalue weighted by Gasteiger charge is -2.41. The zero-order valence-electron chi connectivity index (χ0n) is 14.8. The van der Waals surface area contributed by atoms with Crippen molar-refractivity contribution in [3.05, 3.63) is 71.3 Å². The molecule has 0 radical (unpaired) electrons. The number of rotatable bonds is 4. The number of hydrogen-bond acceptors (Lipinski definition) is 3. The first kappa shape index (κ1) is 17.6. The summed E-state index contributed by atoms with van der Waals surface area (Å²) in [7, 11) is 0. The molecule has 0 spiro atoms. The molecular formula is C21H24F2N2O. The van der Waals surface area contributed by atoms with Gasteiger partial charge in [-0.05, 0) is 41.8 Å². The summed E-state index contributed by atoms with van der Waals surface area (Å²) in [5.74, 6) is -0.477. The number of ether oxygens (including phenoxy) is 1. The van der Waals surface area contributed by atoms with Crippen LogP contribution in [-0.4, -0.2) is 55.2 Å². The predicted octanol–water partition coefficient (Wildman–Crippen LogP) is 3.46. The maximum absolute atomic E-state index is 13.4. The minimum atomic E-state index is -0.238. The average molecular weight is 358 g/mol. The first-order chi connectivity index (χ1) is 12.7. The number of benzene rings is 2. The van der Waals surface area contributed by atoms with E-state index in [9.17, 15) is 8.78 Å². The highest BCUT2D eigenvalue weighted by Gasteiger charge is 2.30. The lowest BCUT2D eigenvalue weighted by Crippen LogP contribution is -2.51. The zero-order chi connectivity index (χ0) is 17.9. The third kappa shape index (κ3) is 3.80. The minimum absolute atomic E-state index is 0.0122. The van der Waals surface area contributed by atoms with Crippen molar-refractivity contribution in [2.45, 2.75) is 18.5 Å². The monoisotopic (exact) mass is 358 g/mol. The topological polar surface area (TPSA) is 15.7 Å². The van der Waals surface area contributed by atoms with Crippen molar-refractivity contribution >= 4 is 0 Å². The van der Waals surface area contributed by atoms with Crippen LogP contribution in [0, 0.1) is 11.6 Å². The number of piperazine rings is 1. The molecule has 0 aromatic heterocycles. The van der Waals surface area contributed by atoms with Crippen LogP contribution in [0.1, 0.15) is 23.6 Å². The Morgan fingerprint density at radius 2 is 1.35 bits per heavy atom. The van der Waals surface area contributed by atoms with Gasteiger partial charge in [0, 0.05) is 38.8 Å². The summed E-state index contributed by atoms with van der Waals surface area (Å²) in [4.78, 5) is 4.92. The van der Waals surface area contributed by atoms with Crippen molar-refractivity contribution in [3.8, 4) is 0 Å². The molecular weight excluding hydrogens is 334 g/mol. The molecule has 4 rings (SSSR count). The summed E-state index contributed by atoms with van der Waals surface area (Å²) in [5.41, 5.74) is 2.08. The quantitative estimate of drug-likeness (QED) is 0.833. The molecule has 5 heteroatoms. The van der Waals surface area contributed by atoms with E-state index in [2.05, 4.69) is 9.80 Å². The minimum Gasteiger partial charge on any atom is -0.380 e. The van der Waals surface area contributed by atoms with Gasteiger partial charge in [0.25, 0.3) is 0 Å². The Labute approximate surface area is 153 Å². The smallest absolute Gasteiger partial charge is 0.123 e. The summed E-state index contributed by atoms with van der Waals surface area (Å²) in [6.07, 6.45) is 1.11. The van der Waals surface area contributed by atoms with Gasteiger partial charge in [-0.2, -0.15) is 0 Å². The molecule has 2 aromatic rings. The molecule has 0 N–H and O–H groups in total. The van der Waals surface area contributed by atoms with Gasteiger partial charge in [-0.25, -0.2) is 8.78 Å². The van der Waals surface area contributed by atoms with Crippen LogP contribution < -0.4 is 0 Å². The van der Waals surface area contributed by atoms with Gasteiger partial charge in [0.05, 0.1) is 12.6 Å². The fourth-order valence-corrected chi connectivity index (χ4v) is 4.08. The molecule has 0 aliphatic carbocycles. The van der Waals surface area contributed by atoms with Gasteiger partial charge >= 0.3 is 0 Å². The van der Waals surface area contributed by atoms with E-state index < -0.39 is 0 Å². The van der Waals surface area contributed by atoms with Crippen molar-refractivity contribution in [1.82, 2.24) is 9.80 Å². The molecule has 0 bridgehead atoms. The molecule has 2 aliphatic heterocycles. The van der Waals surface area contributed by atoms with E-state index in [-0.39, 0.29) is 17.7 Å². The van der Waals surface area contributed by atoms with Crippen molar-refractivity contribution in [1.29, 1.82) is 0 Å². The first-order valence-electron chi connectivity index (χ1n) is 9.27. The zero-order valence-corrected chi connectivity index (χ0v) is 14.8. The Bertz CT molecular complexity index is 660. The molecule has 2 fully saturated rings. The highest BCUT2D eigenvalue weighted by Crippen LogP contribution is 2.30. The van der Waals surface area contributed by atoms with Crippen LogP contribution in [0.4, 0.5) is 8.78 Å². The van der Waals surface area contributed by atoms with Gasteiger partial charge in [0.2, 0.25) is 0 Å². The summed E-state index contributed by atoms with van der Waals surface area (Å²) < 4.78 is 32.3. The molecule has 2 saturated heterocycles. The fraction of sp³-hybridized carbons (Fsp3) is 0.429. The standard InChI is InChI=1S/C21H24F2N2O/c22-18-5-1-16(2-6-18)21(17-3-7-19(23)8-4-17)25-12-10-24(11-13-25)20-9-14-26-15-20/h1-8,20-21H,9-15H2/t20-/m0/s1. The van der Waals surface area contributed by atoms with Crippen LogP contribution >= 0.6 is 0 Å². The normalized spacial score (nSPS) is 22.2. The second kappa shape index (κ2) is 7.82. The molecule has 2 aromatic carbocycles. The van der Waals surface area contributed by atoms with Gasteiger partial charge in [-0.1, -0.05) is 24.3 Å². The second-order valence-electron chi connectivity index (χ2n) is 7.09. The Kier molecular flexibility index (Phi) is 5.29. The van der Waals surface area contributed by atoms with E-state index in [1.54, 1.807) is 0 Å². The van der Waals surface area contributed by atoms with Gasteiger partial charge in [-0.15, -0.1) is 0 Å². The molecule has 2 heterocycles. The van der Waals surface area contributed by atoms with Crippen molar-refractivity contribution in [2.75, 3.05) is 39.4 Å². The van der Waals surface area contributed by atoms with E-state index in [0.29, 0.717) is 6.04 Å². The van der Waals surface area contributed by atoms with Gasteiger partial charge < -0.3 is 4.74 Å². The SMILES string of the molecule is Fc1ccc(C(c2ccc(F)cc2)N2CCN([C@H]3CCOC3)CC2)cc1. The van der Waals surface area contributed by atoms with Gasteiger partial charge in [-0.3, -0.25) is 9.80 Å². The number of hydrogen-bond donors (Lipinski definition) is 0. The highest BCUT2D eigenvalue weighted by atomic mass is 19.1. The van der Waals surface area contributed by atoms with Crippen LogP contribution in [0.25, 0.3) is 0 Å². The number of halogens is 2.